The lowest BCUT2D eigenvalue weighted by Gasteiger charge is -2.39. The van der Waals surface area contributed by atoms with E-state index in [-0.39, 0.29) is 10.8 Å². The van der Waals surface area contributed by atoms with Crippen molar-refractivity contribution in [1.29, 1.82) is 0 Å². The quantitative estimate of drug-likeness (QED) is 0.162. The second kappa shape index (κ2) is 11.2. The fraction of sp³-hybridized carbons (Fsp3) is 0.160. The van der Waals surface area contributed by atoms with Crippen molar-refractivity contribution in [3.05, 3.63) is 169 Å². The Hall–Kier alpha value is -5.64. The Balaban J connectivity index is 1.30. The molecular formula is C50H44N2Si. The Morgan fingerprint density at radius 1 is 0.396 bits per heavy atom. The Morgan fingerprint density at radius 3 is 1.47 bits per heavy atom. The van der Waals surface area contributed by atoms with Crippen molar-refractivity contribution in [2.24, 2.45) is 0 Å². The second-order valence-electron chi connectivity index (χ2n) is 17.0. The molecule has 0 atom stereocenters. The van der Waals surface area contributed by atoms with E-state index in [9.17, 15) is 0 Å². The van der Waals surface area contributed by atoms with E-state index < -0.39 is 8.07 Å². The van der Waals surface area contributed by atoms with Crippen LogP contribution in [-0.2, 0) is 10.8 Å². The topological polar surface area (TPSA) is 9.86 Å². The first-order valence-corrected chi connectivity index (χ1v) is 20.9. The van der Waals surface area contributed by atoms with Crippen LogP contribution in [-0.4, -0.2) is 17.2 Å². The summed E-state index contributed by atoms with van der Waals surface area (Å²) in [6.07, 6.45) is 0. The Morgan fingerprint density at radius 2 is 0.887 bits per heavy atom. The summed E-state index contributed by atoms with van der Waals surface area (Å²) >= 11 is 0. The second-order valence-corrected chi connectivity index (χ2v) is 20.8. The van der Waals surface area contributed by atoms with E-state index in [2.05, 4.69) is 208 Å². The highest BCUT2D eigenvalue weighted by molar-refractivity contribution is 7.21. The van der Waals surface area contributed by atoms with Gasteiger partial charge >= 0.3 is 0 Å². The molecule has 1 aliphatic rings. The molecule has 3 heteroatoms. The van der Waals surface area contributed by atoms with Crippen LogP contribution in [0.5, 0.6) is 0 Å². The average molecular weight is 701 g/mol. The van der Waals surface area contributed by atoms with E-state index in [1.54, 1.807) is 0 Å². The van der Waals surface area contributed by atoms with Gasteiger partial charge in [-0.25, -0.2) is 0 Å². The summed E-state index contributed by atoms with van der Waals surface area (Å²) in [6.45, 7) is 13.9. The van der Waals surface area contributed by atoms with E-state index in [1.165, 1.54) is 86.9 Å². The standard InChI is InChI=1S/C50H44N2Si/c1-49(2,3)33-24-27-42-39(30-33)40-31-34(50(4,5)6)25-28-43(40)51(42)35-26-29-44-41(32-35)38-20-15-23-47-48(38)52(44)45-21-13-14-22-46(45)53(47,36-16-9-7-10-17-36)37-18-11-8-12-19-37/h7-32H,1-6H3. The highest BCUT2D eigenvalue weighted by Crippen LogP contribution is 2.40. The van der Waals surface area contributed by atoms with Gasteiger partial charge in [0.2, 0.25) is 0 Å². The highest BCUT2D eigenvalue weighted by Gasteiger charge is 2.47. The molecule has 0 fully saturated rings. The van der Waals surface area contributed by atoms with Crippen LogP contribution in [0.15, 0.2) is 158 Å². The van der Waals surface area contributed by atoms with Gasteiger partial charge in [-0.1, -0.05) is 151 Å². The summed E-state index contributed by atoms with van der Waals surface area (Å²) in [6, 6.07) is 60.3. The molecule has 1 aliphatic heterocycles. The van der Waals surface area contributed by atoms with Crippen LogP contribution in [0.4, 0.5) is 0 Å². The highest BCUT2D eigenvalue weighted by atomic mass is 28.3. The van der Waals surface area contributed by atoms with Gasteiger partial charge in [0.1, 0.15) is 0 Å². The molecule has 0 saturated carbocycles. The number of nitrogens with zero attached hydrogens (tertiary/aromatic N) is 2. The zero-order valence-corrected chi connectivity index (χ0v) is 32.4. The number of hydrogen-bond donors (Lipinski definition) is 0. The molecule has 53 heavy (non-hydrogen) atoms. The zero-order chi connectivity index (χ0) is 36.3. The van der Waals surface area contributed by atoms with Gasteiger partial charge in [0.15, 0.2) is 8.07 Å². The molecule has 7 aromatic carbocycles. The summed E-state index contributed by atoms with van der Waals surface area (Å²) < 4.78 is 5.06. The van der Waals surface area contributed by atoms with Crippen molar-refractivity contribution in [2.45, 2.75) is 52.4 Å². The maximum absolute atomic E-state index is 2.68. The fourth-order valence-corrected chi connectivity index (χ4v) is 14.4. The molecular weight excluding hydrogens is 657 g/mol. The first kappa shape index (κ1) is 32.0. The molecule has 2 nitrogen and oxygen atoms in total. The predicted molar refractivity (Wildman–Crippen MR) is 230 cm³/mol. The first-order valence-electron chi connectivity index (χ1n) is 18.9. The lowest BCUT2D eigenvalue weighted by Crippen LogP contribution is -2.76. The van der Waals surface area contributed by atoms with Crippen LogP contribution in [0.2, 0.25) is 0 Å². The number of benzene rings is 7. The lowest BCUT2D eigenvalue weighted by atomic mass is 9.85. The van der Waals surface area contributed by atoms with Crippen LogP contribution in [0.25, 0.3) is 55.0 Å². The van der Waals surface area contributed by atoms with E-state index in [1.807, 2.05) is 0 Å². The number of hydrogen-bond acceptors (Lipinski definition) is 0. The normalized spacial score (nSPS) is 14.0. The van der Waals surface area contributed by atoms with Gasteiger partial charge in [-0.3, -0.25) is 0 Å². The minimum absolute atomic E-state index is 0.0588. The minimum Gasteiger partial charge on any atom is -0.309 e. The summed E-state index contributed by atoms with van der Waals surface area (Å²) in [7, 11) is -2.68. The molecule has 0 N–H and O–H groups in total. The summed E-state index contributed by atoms with van der Waals surface area (Å²) in [5.41, 5.74) is 10.4. The van der Waals surface area contributed by atoms with E-state index in [0.29, 0.717) is 0 Å². The molecule has 0 saturated heterocycles. The predicted octanol–water partition coefficient (Wildman–Crippen LogP) is 10.2. The molecule has 2 aromatic heterocycles. The van der Waals surface area contributed by atoms with Gasteiger partial charge in [-0.2, -0.15) is 0 Å². The number of fused-ring (bicyclic) bond motifs is 8. The Bertz CT molecular complexity index is 2780. The van der Waals surface area contributed by atoms with Gasteiger partial charge < -0.3 is 9.13 Å². The third kappa shape index (κ3) is 4.50. The maximum Gasteiger partial charge on any atom is 0.184 e. The maximum atomic E-state index is 2.56. The van der Waals surface area contributed by atoms with E-state index >= 15 is 0 Å². The van der Waals surface area contributed by atoms with Crippen LogP contribution in [0.3, 0.4) is 0 Å². The third-order valence-electron chi connectivity index (χ3n) is 11.9. The molecule has 0 spiro atoms. The Kier molecular flexibility index (Phi) is 6.76. The number of rotatable bonds is 3. The molecule has 0 aliphatic carbocycles. The third-order valence-corrected chi connectivity index (χ3v) is 16.7. The lowest BCUT2D eigenvalue weighted by molar-refractivity contribution is 0.590. The number of aromatic nitrogens is 2. The van der Waals surface area contributed by atoms with Crippen molar-refractivity contribution in [3.8, 4) is 11.4 Å². The van der Waals surface area contributed by atoms with Crippen LogP contribution in [0, 0.1) is 0 Å². The van der Waals surface area contributed by atoms with Crippen molar-refractivity contribution in [2.75, 3.05) is 0 Å². The molecule has 0 unspecified atom stereocenters. The monoisotopic (exact) mass is 700 g/mol. The van der Waals surface area contributed by atoms with Crippen molar-refractivity contribution in [3.63, 3.8) is 0 Å². The minimum atomic E-state index is -2.68. The Labute approximate surface area is 313 Å². The molecule has 9 aromatic rings. The van der Waals surface area contributed by atoms with Gasteiger partial charge in [0.25, 0.3) is 0 Å². The summed E-state index contributed by atoms with van der Waals surface area (Å²) in [5, 5.41) is 10.9. The van der Waals surface area contributed by atoms with Crippen molar-refractivity contribution in [1.82, 2.24) is 9.13 Å². The fourth-order valence-electron chi connectivity index (χ4n) is 9.28. The SMILES string of the molecule is CC(C)(C)c1ccc2c(c1)c1cc(C(C)(C)C)ccc1n2-c1ccc2c(c1)c1cccc3c1n2-c1ccccc1[Si]3(c1ccccc1)c1ccccc1. The van der Waals surface area contributed by atoms with Crippen molar-refractivity contribution >= 4 is 72.4 Å². The number of para-hydroxylation sites is 2. The summed E-state index contributed by atoms with van der Waals surface area (Å²) in [4.78, 5) is 0. The molecule has 0 bridgehead atoms. The molecule has 10 rings (SSSR count). The molecule has 258 valence electrons. The van der Waals surface area contributed by atoms with Crippen LogP contribution in [0.1, 0.15) is 52.7 Å². The van der Waals surface area contributed by atoms with Crippen molar-refractivity contribution < 1.29 is 0 Å². The smallest absolute Gasteiger partial charge is 0.184 e. The van der Waals surface area contributed by atoms with Gasteiger partial charge in [-0.05, 0) is 91.2 Å². The van der Waals surface area contributed by atoms with E-state index in [0.717, 1.165) is 0 Å². The molecule has 3 heterocycles. The van der Waals surface area contributed by atoms with Gasteiger partial charge in [0, 0.05) is 32.9 Å². The molecule has 0 amide bonds. The van der Waals surface area contributed by atoms with Gasteiger partial charge in [0.05, 0.1) is 22.1 Å². The van der Waals surface area contributed by atoms with Gasteiger partial charge in [-0.15, -0.1) is 0 Å². The van der Waals surface area contributed by atoms with Crippen LogP contribution >= 0.6 is 0 Å². The largest absolute Gasteiger partial charge is 0.309 e. The average Bonchev–Trinajstić information content (AvgIpc) is 3.68. The van der Waals surface area contributed by atoms with Crippen LogP contribution < -0.4 is 20.7 Å². The summed E-state index contributed by atoms with van der Waals surface area (Å²) in [5.74, 6) is 0. The first-order chi connectivity index (χ1) is 25.6. The zero-order valence-electron chi connectivity index (χ0n) is 31.4. The van der Waals surface area contributed by atoms with E-state index in [4.69, 9.17) is 0 Å². The molecule has 0 radical (unpaired) electrons.